The van der Waals surface area contributed by atoms with E-state index in [9.17, 15) is 5.11 Å². The summed E-state index contributed by atoms with van der Waals surface area (Å²) in [6.07, 6.45) is -0.689. The molecule has 0 bridgehead atoms. The fourth-order valence-corrected chi connectivity index (χ4v) is 2.66. The number of ether oxygens (including phenoxy) is 3. The summed E-state index contributed by atoms with van der Waals surface area (Å²) in [5.74, 6) is 0. The molecule has 1 aliphatic rings. The van der Waals surface area contributed by atoms with E-state index in [0.717, 1.165) is 11.1 Å². The summed E-state index contributed by atoms with van der Waals surface area (Å²) >= 11 is 0. The third kappa shape index (κ3) is 4.88. The van der Waals surface area contributed by atoms with Gasteiger partial charge in [-0.1, -0.05) is 60.7 Å². The van der Waals surface area contributed by atoms with E-state index >= 15 is 0 Å². The molecular weight excluding hydrogens is 292 g/mol. The zero-order valence-corrected chi connectivity index (χ0v) is 13.0. The van der Waals surface area contributed by atoms with Crippen molar-refractivity contribution in [2.24, 2.45) is 0 Å². The first-order valence-electron chi connectivity index (χ1n) is 7.92. The van der Waals surface area contributed by atoms with Gasteiger partial charge in [0.05, 0.1) is 25.9 Å². The Balaban J connectivity index is 1.47. The largest absolute Gasteiger partial charge is 0.374 e. The van der Waals surface area contributed by atoms with E-state index in [2.05, 4.69) is 0 Å². The van der Waals surface area contributed by atoms with Crippen LogP contribution in [0.5, 0.6) is 0 Å². The van der Waals surface area contributed by atoms with Crippen LogP contribution in [-0.4, -0.2) is 30.2 Å². The molecule has 4 heteroatoms. The Kier molecular flexibility index (Phi) is 5.77. The average Bonchev–Trinajstić information content (AvgIpc) is 2.95. The summed E-state index contributed by atoms with van der Waals surface area (Å²) in [5.41, 5.74) is 2.23. The lowest BCUT2D eigenvalue weighted by atomic mass is 10.2. The smallest absolute Gasteiger partial charge is 0.157 e. The molecule has 1 N–H and O–H groups in total. The minimum absolute atomic E-state index is 0.152. The van der Waals surface area contributed by atoms with E-state index in [0.29, 0.717) is 26.2 Å². The van der Waals surface area contributed by atoms with Crippen LogP contribution in [0.25, 0.3) is 0 Å². The Labute approximate surface area is 136 Å². The van der Waals surface area contributed by atoms with Crippen LogP contribution in [0, 0.1) is 0 Å². The van der Waals surface area contributed by atoms with Crippen molar-refractivity contribution in [2.45, 2.75) is 38.1 Å². The molecule has 0 amide bonds. The number of aliphatic hydroxyl groups is 1. The molecule has 1 fully saturated rings. The zero-order chi connectivity index (χ0) is 15.9. The van der Waals surface area contributed by atoms with Crippen LogP contribution >= 0.6 is 0 Å². The van der Waals surface area contributed by atoms with Crippen LogP contribution in [-0.2, 0) is 27.4 Å². The average molecular weight is 314 g/mol. The van der Waals surface area contributed by atoms with Crippen molar-refractivity contribution in [3.63, 3.8) is 0 Å². The molecule has 0 aromatic heterocycles. The molecule has 2 aromatic rings. The minimum atomic E-state index is -0.777. The number of rotatable bonds is 7. The summed E-state index contributed by atoms with van der Waals surface area (Å²) in [4.78, 5) is 0. The molecule has 0 saturated carbocycles. The highest BCUT2D eigenvalue weighted by Gasteiger charge is 2.35. The first-order valence-corrected chi connectivity index (χ1v) is 7.92. The molecule has 0 spiro atoms. The predicted octanol–water partition coefficient (Wildman–Crippen LogP) is 2.90. The van der Waals surface area contributed by atoms with E-state index in [-0.39, 0.29) is 12.2 Å². The molecule has 3 rings (SSSR count). The highest BCUT2D eigenvalue weighted by molar-refractivity contribution is 5.14. The molecule has 3 atom stereocenters. The Morgan fingerprint density at radius 2 is 1.52 bits per heavy atom. The van der Waals surface area contributed by atoms with Crippen LogP contribution < -0.4 is 0 Å². The molecule has 122 valence electrons. The SMILES string of the molecule is O[C@H]1C[C@@H](OCc2ccccc2)[C@@H](COCc2ccccc2)O1. The fourth-order valence-electron chi connectivity index (χ4n) is 2.66. The highest BCUT2D eigenvalue weighted by atomic mass is 16.6. The lowest BCUT2D eigenvalue weighted by Crippen LogP contribution is -2.29. The van der Waals surface area contributed by atoms with Crippen molar-refractivity contribution >= 4 is 0 Å². The molecular formula is C19H22O4. The molecule has 0 aliphatic carbocycles. The molecule has 4 nitrogen and oxygen atoms in total. The Morgan fingerprint density at radius 1 is 0.913 bits per heavy atom. The number of aliphatic hydroxyl groups excluding tert-OH is 1. The quantitative estimate of drug-likeness (QED) is 0.854. The van der Waals surface area contributed by atoms with Crippen molar-refractivity contribution in [3.05, 3.63) is 71.8 Å². The normalized spacial score (nSPS) is 24.0. The first kappa shape index (κ1) is 16.1. The van der Waals surface area contributed by atoms with E-state index in [1.807, 2.05) is 60.7 Å². The van der Waals surface area contributed by atoms with Gasteiger partial charge in [-0.05, 0) is 11.1 Å². The van der Waals surface area contributed by atoms with Gasteiger partial charge in [0.1, 0.15) is 6.10 Å². The fraction of sp³-hybridized carbons (Fsp3) is 0.368. The molecule has 1 heterocycles. The van der Waals surface area contributed by atoms with Crippen molar-refractivity contribution in [1.82, 2.24) is 0 Å². The van der Waals surface area contributed by atoms with Gasteiger partial charge in [-0.3, -0.25) is 0 Å². The molecule has 0 unspecified atom stereocenters. The molecule has 2 aromatic carbocycles. The van der Waals surface area contributed by atoms with Crippen LogP contribution in [0.15, 0.2) is 60.7 Å². The van der Waals surface area contributed by atoms with Crippen LogP contribution in [0.3, 0.4) is 0 Å². The third-order valence-corrected chi connectivity index (χ3v) is 3.88. The number of benzene rings is 2. The van der Waals surface area contributed by atoms with Crippen molar-refractivity contribution < 1.29 is 19.3 Å². The summed E-state index contributed by atoms with van der Waals surface area (Å²) < 4.78 is 17.1. The van der Waals surface area contributed by atoms with Gasteiger partial charge in [0.15, 0.2) is 6.29 Å². The monoisotopic (exact) mass is 314 g/mol. The summed E-state index contributed by atoms with van der Waals surface area (Å²) in [7, 11) is 0. The highest BCUT2D eigenvalue weighted by Crippen LogP contribution is 2.23. The first-order chi connectivity index (χ1) is 11.3. The second kappa shape index (κ2) is 8.22. The van der Waals surface area contributed by atoms with Gasteiger partial charge in [-0.2, -0.15) is 0 Å². The van der Waals surface area contributed by atoms with Gasteiger partial charge >= 0.3 is 0 Å². The lowest BCUT2D eigenvalue weighted by Gasteiger charge is -2.19. The van der Waals surface area contributed by atoms with E-state index in [4.69, 9.17) is 14.2 Å². The zero-order valence-electron chi connectivity index (χ0n) is 13.0. The van der Waals surface area contributed by atoms with Crippen LogP contribution in [0.2, 0.25) is 0 Å². The summed E-state index contributed by atoms with van der Waals surface area (Å²) in [6, 6.07) is 20.0. The van der Waals surface area contributed by atoms with Gasteiger partial charge < -0.3 is 19.3 Å². The third-order valence-electron chi connectivity index (χ3n) is 3.88. The Morgan fingerprint density at radius 3 is 2.17 bits per heavy atom. The van der Waals surface area contributed by atoms with Gasteiger partial charge in [-0.15, -0.1) is 0 Å². The predicted molar refractivity (Wildman–Crippen MR) is 86.6 cm³/mol. The maximum atomic E-state index is 9.73. The van der Waals surface area contributed by atoms with Crippen LogP contribution in [0.4, 0.5) is 0 Å². The number of hydrogen-bond donors (Lipinski definition) is 1. The molecule has 0 radical (unpaired) electrons. The van der Waals surface area contributed by atoms with Crippen molar-refractivity contribution in [3.8, 4) is 0 Å². The number of hydrogen-bond acceptors (Lipinski definition) is 4. The lowest BCUT2D eigenvalue weighted by molar-refractivity contribution is -0.122. The van der Waals surface area contributed by atoms with Gasteiger partial charge in [0.2, 0.25) is 0 Å². The topological polar surface area (TPSA) is 47.9 Å². The second-order valence-electron chi connectivity index (χ2n) is 5.70. The van der Waals surface area contributed by atoms with Crippen molar-refractivity contribution in [1.29, 1.82) is 0 Å². The molecule has 1 saturated heterocycles. The standard InChI is InChI=1S/C19H22O4/c20-19-11-17(22-13-16-9-5-2-6-10-16)18(23-19)14-21-12-15-7-3-1-4-8-15/h1-10,17-20H,11-14H2/t17-,18-,19-/m1/s1. The summed E-state index contributed by atoms with van der Waals surface area (Å²) in [5, 5.41) is 9.73. The maximum absolute atomic E-state index is 9.73. The molecule has 23 heavy (non-hydrogen) atoms. The minimum Gasteiger partial charge on any atom is -0.374 e. The van der Waals surface area contributed by atoms with Crippen molar-refractivity contribution in [2.75, 3.05) is 6.61 Å². The van der Waals surface area contributed by atoms with Crippen LogP contribution in [0.1, 0.15) is 17.5 Å². The van der Waals surface area contributed by atoms with E-state index in [1.54, 1.807) is 0 Å². The van der Waals surface area contributed by atoms with Gasteiger partial charge in [0.25, 0.3) is 0 Å². The second-order valence-corrected chi connectivity index (χ2v) is 5.70. The van der Waals surface area contributed by atoms with E-state index in [1.165, 1.54) is 0 Å². The van der Waals surface area contributed by atoms with E-state index < -0.39 is 6.29 Å². The van der Waals surface area contributed by atoms with Gasteiger partial charge in [-0.25, -0.2) is 0 Å². The molecule has 1 aliphatic heterocycles. The Bertz CT molecular complexity index is 572. The maximum Gasteiger partial charge on any atom is 0.157 e. The van der Waals surface area contributed by atoms with Gasteiger partial charge in [0, 0.05) is 6.42 Å². The summed E-state index contributed by atoms with van der Waals surface area (Å²) in [6.45, 7) is 1.45. The Hall–Kier alpha value is -1.72.